The second kappa shape index (κ2) is 6.30. The molecule has 3 aromatic rings. The molecule has 3 rings (SSSR count). The monoisotopic (exact) mass is 369 g/mol. The molecule has 0 atom stereocenters. The van der Waals surface area contributed by atoms with Crippen LogP contribution < -0.4 is 0 Å². The Hall–Kier alpha value is -2.57. The van der Waals surface area contributed by atoms with Gasteiger partial charge in [-0.15, -0.1) is 0 Å². The van der Waals surface area contributed by atoms with Crippen LogP contribution in [-0.4, -0.2) is 4.98 Å². The molecule has 2 aromatic carbocycles. The molecule has 1 aromatic heterocycles. The first-order valence-corrected chi connectivity index (χ1v) is 7.66. The summed E-state index contributed by atoms with van der Waals surface area (Å²) in [5.41, 5.74) is -0.401. The number of hydrogen-bond donors (Lipinski definition) is 0. The Kier molecular flexibility index (Phi) is 4.42. The Morgan fingerprint density at radius 3 is 1.96 bits per heavy atom. The Morgan fingerprint density at radius 1 is 0.769 bits per heavy atom. The van der Waals surface area contributed by atoms with Crippen LogP contribution >= 0.6 is 0 Å². The number of rotatable bonds is 2. The molecule has 26 heavy (non-hydrogen) atoms. The highest BCUT2D eigenvalue weighted by molar-refractivity contribution is 5.82. The van der Waals surface area contributed by atoms with E-state index in [1.54, 1.807) is 30.5 Å². The molecular weight excluding hydrogens is 356 g/mol. The summed E-state index contributed by atoms with van der Waals surface area (Å²) in [6, 6.07) is 8.55. The standard InChI is InChI=1S/C19H13F6N/c1-11-4-5-26-17-3-2-12(9-16(11)17)6-13-7-14(18(20,21)22)10-15(8-13)19(23,24)25/h2-5,7-10H,6H2,1H3. The van der Waals surface area contributed by atoms with Gasteiger partial charge in [-0.05, 0) is 66.4 Å². The average Bonchev–Trinajstić information content (AvgIpc) is 2.54. The Labute approximate surface area is 145 Å². The van der Waals surface area contributed by atoms with Gasteiger partial charge >= 0.3 is 12.4 Å². The minimum Gasteiger partial charge on any atom is -0.256 e. The van der Waals surface area contributed by atoms with E-state index in [4.69, 9.17) is 0 Å². The number of fused-ring (bicyclic) bond motifs is 1. The van der Waals surface area contributed by atoms with Crippen LogP contribution in [0.1, 0.15) is 27.8 Å². The second-order valence-electron chi connectivity index (χ2n) is 6.07. The van der Waals surface area contributed by atoms with E-state index in [1.807, 2.05) is 6.92 Å². The molecule has 0 N–H and O–H groups in total. The third-order valence-electron chi connectivity index (χ3n) is 4.08. The lowest BCUT2D eigenvalue weighted by atomic mass is 9.97. The summed E-state index contributed by atoms with van der Waals surface area (Å²) in [6.07, 6.45) is -8.10. The maximum absolute atomic E-state index is 13.0. The van der Waals surface area contributed by atoms with E-state index < -0.39 is 23.5 Å². The van der Waals surface area contributed by atoms with Crippen LogP contribution in [0.3, 0.4) is 0 Å². The van der Waals surface area contributed by atoms with Crippen LogP contribution in [0.25, 0.3) is 10.9 Å². The molecule has 1 nitrogen and oxygen atoms in total. The highest BCUT2D eigenvalue weighted by atomic mass is 19.4. The van der Waals surface area contributed by atoms with Gasteiger partial charge in [0.2, 0.25) is 0 Å². The van der Waals surface area contributed by atoms with Gasteiger partial charge in [0.25, 0.3) is 0 Å². The van der Waals surface area contributed by atoms with Crippen LogP contribution in [0.5, 0.6) is 0 Å². The van der Waals surface area contributed by atoms with E-state index in [9.17, 15) is 26.3 Å². The summed E-state index contributed by atoms with van der Waals surface area (Å²) < 4.78 is 77.8. The third-order valence-corrected chi connectivity index (χ3v) is 4.08. The molecule has 0 radical (unpaired) electrons. The SMILES string of the molecule is Cc1ccnc2ccc(Cc3cc(C(F)(F)F)cc(C(F)(F)F)c3)cc12. The van der Waals surface area contributed by atoms with E-state index in [2.05, 4.69) is 4.98 Å². The fraction of sp³-hybridized carbons (Fsp3) is 0.211. The molecule has 0 aliphatic carbocycles. The van der Waals surface area contributed by atoms with E-state index in [1.165, 1.54) is 0 Å². The van der Waals surface area contributed by atoms with E-state index in [0.717, 1.165) is 23.1 Å². The van der Waals surface area contributed by atoms with Crippen molar-refractivity contribution >= 4 is 10.9 Å². The van der Waals surface area contributed by atoms with E-state index >= 15 is 0 Å². The van der Waals surface area contributed by atoms with Crippen molar-refractivity contribution in [2.24, 2.45) is 0 Å². The van der Waals surface area contributed by atoms with Gasteiger partial charge in [0.1, 0.15) is 0 Å². The summed E-state index contributed by atoms with van der Waals surface area (Å²) >= 11 is 0. The van der Waals surface area contributed by atoms with Crippen molar-refractivity contribution in [2.45, 2.75) is 25.7 Å². The predicted molar refractivity (Wildman–Crippen MR) is 85.7 cm³/mol. The summed E-state index contributed by atoms with van der Waals surface area (Å²) in [4.78, 5) is 4.19. The molecule has 0 spiro atoms. The number of alkyl halides is 6. The fourth-order valence-electron chi connectivity index (χ4n) is 2.80. The van der Waals surface area contributed by atoms with Gasteiger partial charge in [-0.25, -0.2) is 0 Å². The highest BCUT2D eigenvalue weighted by Gasteiger charge is 2.36. The molecule has 0 aliphatic heterocycles. The van der Waals surface area contributed by atoms with E-state index in [-0.39, 0.29) is 18.1 Å². The molecule has 0 aliphatic rings. The van der Waals surface area contributed by atoms with Crippen molar-refractivity contribution in [3.05, 3.63) is 76.5 Å². The molecule has 1 heterocycles. The fourth-order valence-corrected chi connectivity index (χ4v) is 2.80. The topological polar surface area (TPSA) is 12.9 Å². The number of aromatic nitrogens is 1. The maximum Gasteiger partial charge on any atom is 0.416 e. The third kappa shape index (κ3) is 3.81. The first-order valence-electron chi connectivity index (χ1n) is 7.66. The lowest BCUT2D eigenvalue weighted by molar-refractivity contribution is -0.143. The van der Waals surface area contributed by atoms with Crippen LogP contribution in [0.2, 0.25) is 0 Å². The van der Waals surface area contributed by atoms with Crippen molar-refractivity contribution < 1.29 is 26.3 Å². The van der Waals surface area contributed by atoms with Crippen LogP contribution in [0, 0.1) is 6.92 Å². The maximum atomic E-state index is 13.0. The lowest BCUT2D eigenvalue weighted by Crippen LogP contribution is -2.12. The zero-order chi connectivity index (χ0) is 19.1. The summed E-state index contributed by atoms with van der Waals surface area (Å²) in [7, 11) is 0. The first-order chi connectivity index (χ1) is 12.0. The molecule has 136 valence electrons. The van der Waals surface area contributed by atoms with Crippen molar-refractivity contribution in [3.63, 3.8) is 0 Å². The van der Waals surface area contributed by atoms with Gasteiger partial charge in [0, 0.05) is 11.6 Å². The first kappa shape index (κ1) is 18.2. The quantitative estimate of drug-likeness (QED) is 0.492. The number of hydrogen-bond acceptors (Lipinski definition) is 1. The minimum atomic E-state index is -4.85. The van der Waals surface area contributed by atoms with Gasteiger partial charge < -0.3 is 0 Å². The highest BCUT2D eigenvalue weighted by Crippen LogP contribution is 2.36. The zero-order valence-corrected chi connectivity index (χ0v) is 13.5. The van der Waals surface area contributed by atoms with E-state index in [0.29, 0.717) is 11.1 Å². The van der Waals surface area contributed by atoms with Crippen LogP contribution in [0.4, 0.5) is 26.3 Å². The summed E-state index contributed by atoms with van der Waals surface area (Å²) in [5, 5.41) is 0.813. The lowest BCUT2D eigenvalue weighted by Gasteiger charge is -2.14. The van der Waals surface area contributed by atoms with Gasteiger partial charge in [-0.3, -0.25) is 4.98 Å². The molecule has 0 saturated carbocycles. The largest absolute Gasteiger partial charge is 0.416 e. The van der Waals surface area contributed by atoms with Gasteiger partial charge in [0.05, 0.1) is 16.6 Å². The Morgan fingerprint density at radius 2 is 1.38 bits per heavy atom. The zero-order valence-electron chi connectivity index (χ0n) is 13.5. The number of benzene rings is 2. The molecule has 0 saturated heterocycles. The molecular formula is C19H13F6N. The molecule has 0 bridgehead atoms. The average molecular weight is 369 g/mol. The number of halogens is 6. The van der Waals surface area contributed by atoms with Crippen LogP contribution in [-0.2, 0) is 18.8 Å². The number of aryl methyl sites for hydroxylation is 1. The molecule has 0 unspecified atom stereocenters. The smallest absolute Gasteiger partial charge is 0.256 e. The Bertz CT molecular complexity index is 924. The minimum absolute atomic E-state index is 0.0444. The Balaban J connectivity index is 2.05. The van der Waals surface area contributed by atoms with Crippen molar-refractivity contribution in [3.8, 4) is 0 Å². The molecule has 0 fully saturated rings. The van der Waals surface area contributed by atoms with Gasteiger partial charge in [0.15, 0.2) is 0 Å². The van der Waals surface area contributed by atoms with Crippen LogP contribution in [0.15, 0.2) is 48.7 Å². The number of nitrogens with zero attached hydrogens (tertiary/aromatic N) is 1. The van der Waals surface area contributed by atoms with Crippen molar-refractivity contribution in [2.75, 3.05) is 0 Å². The van der Waals surface area contributed by atoms with Crippen molar-refractivity contribution in [1.29, 1.82) is 0 Å². The van der Waals surface area contributed by atoms with Gasteiger partial charge in [-0.2, -0.15) is 26.3 Å². The summed E-state index contributed by atoms with van der Waals surface area (Å²) in [6.45, 7) is 1.86. The summed E-state index contributed by atoms with van der Waals surface area (Å²) in [5.74, 6) is 0. The number of pyridine rings is 1. The normalized spacial score (nSPS) is 12.6. The predicted octanol–water partition coefficient (Wildman–Crippen LogP) is 6.17. The molecule has 7 heteroatoms. The second-order valence-corrected chi connectivity index (χ2v) is 6.07. The molecule has 0 amide bonds. The van der Waals surface area contributed by atoms with Crippen molar-refractivity contribution in [1.82, 2.24) is 4.98 Å². The van der Waals surface area contributed by atoms with Gasteiger partial charge in [-0.1, -0.05) is 6.07 Å².